The van der Waals surface area contributed by atoms with Crippen molar-refractivity contribution < 1.29 is 0 Å². The SMILES string of the molecule is C=C(CC1=CCC=C1C1=Cc2ccccc2C1)C1=C2C=CC=CC2C=C1. The van der Waals surface area contributed by atoms with E-state index in [9.17, 15) is 0 Å². The van der Waals surface area contributed by atoms with E-state index in [0.29, 0.717) is 5.92 Å². The lowest BCUT2D eigenvalue weighted by Crippen LogP contribution is -1.99. The molecule has 1 aromatic rings. The van der Waals surface area contributed by atoms with Gasteiger partial charge in [0.25, 0.3) is 0 Å². The first-order chi connectivity index (χ1) is 12.8. The van der Waals surface area contributed by atoms with Gasteiger partial charge in [-0.05, 0) is 63.8 Å². The van der Waals surface area contributed by atoms with Gasteiger partial charge in [0, 0.05) is 5.92 Å². The first-order valence-electron chi connectivity index (χ1n) is 9.43. The molecule has 0 heteroatoms. The summed E-state index contributed by atoms with van der Waals surface area (Å²) in [4.78, 5) is 0. The summed E-state index contributed by atoms with van der Waals surface area (Å²) < 4.78 is 0. The lowest BCUT2D eigenvalue weighted by molar-refractivity contribution is 1.01. The van der Waals surface area contributed by atoms with Crippen LogP contribution in [-0.2, 0) is 6.42 Å². The van der Waals surface area contributed by atoms with Gasteiger partial charge in [-0.1, -0.05) is 85.5 Å². The highest BCUT2D eigenvalue weighted by molar-refractivity contribution is 5.72. The fourth-order valence-corrected chi connectivity index (χ4v) is 4.46. The average molecular weight is 334 g/mol. The zero-order valence-electron chi connectivity index (χ0n) is 14.9. The second kappa shape index (κ2) is 6.14. The van der Waals surface area contributed by atoms with Crippen LogP contribution in [0.2, 0.25) is 0 Å². The maximum atomic E-state index is 4.44. The number of fused-ring (bicyclic) bond motifs is 2. The number of allylic oxidation sites excluding steroid dienone is 14. The molecule has 1 aromatic carbocycles. The summed E-state index contributed by atoms with van der Waals surface area (Å²) in [5.41, 5.74) is 11.1. The van der Waals surface area contributed by atoms with Gasteiger partial charge >= 0.3 is 0 Å². The minimum Gasteiger partial charge on any atom is -0.0949 e. The molecule has 0 N–H and O–H groups in total. The molecule has 4 aliphatic rings. The minimum atomic E-state index is 0.436. The molecule has 0 saturated carbocycles. The molecule has 26 heavy (non-hydrogen) atoms. The Balaban J connectivity index is 1.37. The fourth-order valence-electron chi connectivity index (χ4n) is 4.46. The van der Waals surface area contributed by atoms with E-state index in [-0.39, 0.29) is 0 Å². The molecule has 4 aliphatic carbocycles. The van der Waals surface area contributed by atoms with Crippen molar-refractivity contribution >= 4 is 6.08 Å². The third kappa shape index (κ3) is 2.54. The maximum Gasteiger partial charge on any atom is 0.0211 e. The number of hydrogen-bond donors (Lipinski definition) is 0. The standard InChI is InChI=1S/C26H22/c1-18(24-14-13-19-7-4-5-11-26(19)24)15-22-10-6-12-25(22)23-16-20-8-2-3-9-21(20)17-23/h2-5,7-14,16,19H,1,6,15,17H2. The van der Waals surface area contributed by atoms with Gasteiger partial charge in [-0.2, -0.15) is 0 Å². The topological polar surface area (TPSA) is 0 Å². The van der Waals surface area contributed by atoms with E-state index in [4.69, 9.17) is 0 Å². The average Bonchev–Trinajstić information content (AvgIpc) is 3.38. The lowest BCUT2D eigenvalue weighted by Gasteiger charge is -2.15. The van der Waals surface area contributed by atoms with Crippen LogP contribution in [-0.4, -0.2) is 0 Å². The van der Waals surface area contributed by atoms with Crippen LogP contribution in [0.15, 0.2) is 113 Å². The van der Waals surface area contributed by atoms with E-state index in [0.717, 1.165) is 19.3 Å². The van der Waals surface area contributed by atoms with Crippen molar-refractivity contribution in [3.05, 3.63) is 124 Å². The Morgan fingerprint density at radius 2 is 1.96 bits per heavy atom. The van der Waals surface area contributed by atoms with E-state index in [1.165, 1.54) is 44.6 Å². The van der Waals surface area contributed by atoms with Gasteiger partial charge in [0.1, 0.15) is 0 Å². The van der Waals surface area contributed by atoms with Crippen LogP contribution in [0, 0.1) is 5.92 Å². The van der Waals surface area contributed by atoms with Gasteiger partial charge in [0.2, 0.25) is 0 Å². The molecule has 1 unspecified atom stereocenters. The highest BCUT2D eigenvalue weighted by Gasteiger charge is 2.23. The predicted molar refractivity (Wildman–Crippen MR) is 111 cm³/mol. The molecule has 5 rings (SSSR count). The minimum absolute atomic E-state index is 0.436. The Morgan fingerprint density at radius 1 is 1.04 bits per heavy atom. The van der Waals surface area contributed by atoms with Crippen molar-refractivity contribution in [3.63, 3.8) is 0 Å². The summed E-state index contributed by atoms with van der Waals surface area (Å²) in [6, 6.07) is 8.73. The zero-order valence-corrected chi connectivity index (χ0v) is 14.9. The molecule has 0 nitrogen and oxygen atoms in total. The molecule has 0 aromatic heterocycles. The number of rotatable bonds is 4. The molecule has 0 amide bonds. The van der Waals surface area contributed by atoms with E-state index in [1.54, 1.807) is 0 Å². The van der Waals surface area contributed by atoms with Crippen LogP contribution in [0.1, 0.15) is 24.0 Å². The molecule has 0 radical (unpaired) electrons. The van der Waals surface area contributed by atoms with E-state index in [1.807, 2.05) is 0 Å². The highest BCUT2D eigenvalue weighted by Crippen LogP contribution is 2.40. The third-order valence-electron chi connectivity index (χ3n) is 5.77. The summed E-state index contributed by atoms with van der Waals surface area (Å²) in [5, 5.41) is 0. The molecule has 126 valence electrons. The summed E-state index contributed by atoms with van der Waals surface area (Å²) >= 11 is 0. The van der Waals surface area contributed by atoms with Gasteiger partial charge in [-0.25, -0.2) is 0 Å². The monoisotopic (exact) mass is 334 g/mol. The number of benzene rings is 1. The van der Waals surface area contributed by atoms with Crippen LogP contribution in [0.3, 0.4) is 0 Å². The van der Waals surface area contributed by atoms with Crippen molar-refractivity contribution in [1.82, 2.24) is 0 Å². The Hall–Kier alpha value is -2.86. The van der Waals surface area contributed by atoms with Crippen molar-refractivity contribution in [2.45, 2.75) is 19.3 Å². The fraction of sp³-hybridized carbons (Fsp3) is 0.154. The second-order valence-corrected chi connectivity index (χ2v) is 7.41. The molecule has 0 aliphatic heterocycles. The largest absolute Gasteiger partial charge is 0.0949 e. The second-order valence-electron chi connectivity index (χ2n) is 7.41. The zero-order chi connectivity index (χ0) is 17.5. The quantitative estimate of drug-likeness (QED) is 0.594. The van der Waals surface area contributed by atoms with Crippen LogP contribution in [0.5, 0.6) is 0 Å². The summed E-state index contributed by atoms with van der Waals surface area (Å²) in [5.74, 6) is 0.436. The molecule has 0 bridgehead atoms. The van der Waals surface area contributed by atoms with Gasteiger partial charge < -0.3 is 0 Å². The Bertz CT molecular complexity index is 1010. The molecule has 0 saturated heterocycles. The number of hydrogen-bond acceptors (Lipinski definition) is 0. The summed E-state index contributed by atoms with van der Waals surface area (Å²) in [6.45, 7) is 4.44. The molecule has 0 heterocycles. The smallest absolute Gasteiger partial charge is 0.0211 e. The van der Waals surface area contributed by atoms with Gasteiger partial charge in [0.05, 0.1) is 0 Å². The van der Waals surface area contributed by atoms with Gasteiger partial charge in [-0.3, -0.25) is 0 Å². The lowest BCUT2D eigenvalue weighted by atomic mass is 9.89. The van der Waals surface area contributed by atoms with Crippen LogP contribution in [0.4, 0.5) is 0 Å². The van der Waals surface area contributed by atoms with Crippen molar-refractivity contribution in [1.29, 1.82) is 0 Å². The maximum absolute atomic E-state index is 4.44. The molecule has 0 fully saturated rings. The molecule has 0 spiro atoms. The summed E-state index contributed by atoms with van der Waals surface area (Å²) in [6.07, 6.45) is 23.5. The van der Waals surface area contributed by atoms with E-state index in [2.05, 4.69) is 85.5 Å². The molecular weight excluding hydrogens is 312 g/mol. The first-order valence-corrected chi connectivity index (χ1v) is 9.43. The Labute approximate surface area is 155 Å². The predicted octanol–water partition coefficient (Wildman–Crippen LogP) is 6.44. The Kier molecular flexibility index (Phi) is 3.64. The van der Waals surface area contributed by atoms with E-state index < -0.39 is 0 Å². The third-order valence-corrected chi connectivity index (χ3v) is 5.77. The Morgan fingerprint density at radius 3 is 2.88 bits per heavy atom. The van der Waals surface area contributed by atoms with E-state index >= 15 is 0 Å². The molecule has 1 atom stereocenters. The van der Waals surface area contributed by atoms with Crippen molar-refractivity contribution in [2.75, 3.05) is 0 Å². The van der Waals surface area contributed by atoms with Crippen molar-refractivity contribution in [2.24, 2.45) is 5.92 Å². The molecular formula is C26H22. The van der Waals surface area contributed by atoms with Gasteiger partial charge in [0.15, 0.2) is 0 Å². The highest BCUT2D eigenvalue weighted by atomic mass is 14.3. The van der Waals surface area contributed by atoms with Gasteiger partial charge in [-0.15, -0.1) is 0 Å². The normalized spacial score (nSPS) is 22.3. The summed E-state index contributed by atoms with van der Waals surface area (Å²) in [7, 11) is 0. The van der Waals surface area contributed by atoms with Crippen LogP contribution >= 0.6 is 0 Å². The van der Waals surface area contributed by atoms with Crippen molar-refractivity contribution in [3.8, 4) is 0 Å². The van der Waals surface area contributed by atoms with Crippen LogP contribution < -0.4 is 0 Å². The first kappa shape index (κ1) is 15.4. The van der Waals surface area contributed by atoms with Crippen LogP contribution in [0.25, 0.3) is 6.08 Å².